The molecule has 3 rings (SSSR count). The van der Waals surface area contributed by atoms with Crippen molar-refractivity contribution in [2.24, 2.45) is 0 Å². The van der Waals surface area contributed by atoms with Gasteiger partial charge in [-0.2, -0.15) is 13.2 Å². The van der Waals surface area contributed by atoms with Crippen LogP contribution in [-0.4, -0.2) is 17.9 Å². The van der Waals surface area contributed by atoms with Crippen LogP contribution in [0.25, 0.3) is 0 Å². The molecule has 1 heterocycles. The Kier molecular flexibility index (Phi) is 7.64. The molecule has 0 saturated carbocycles. The van der Waals surface area contributed by atoms with Gasteiger partial charge in [-0.3, -0.25) is 15.1 Å². The molecule has 0 bridgehead atoms. The number of halogens is 3. The summed E-state index contributed by atoms with van der Waals surface area (Å²) in [4.78, 5) is 17.3. The lowest BCUT2D eigenvalue weighted by atomic mass is 9.98. The molecule has 7 heteroatoms. The summed E-state index contributed by atoms with van der Waals surface area (Å²) in [6.07, 6.45) is -3.27. The van der Waals surface area contributed by atoms with Crippen molar-refractivity contribution < 1.29 is 18.0 Å². The first-order valence-corrected chi connectivity index (χ1v) is 10.4. The largest absolute Gasteiger partial charge is 0.416 e. The summed E-state index contributed by atoms with van der Waals surface area (Å²) < 4.78 is 38.6. The van der Waals surface area contributed by atoms with Gasteiger partial charge in [0.2, 0.25) is 5.91 Å². The number of benzene rings is 2. The number of likely N-dealkylation sites (N-methyl/N-ethyl adjacent to an activating group) is 1. The van der Waals surface area contributed by atoms with Gasteiger partial charge < -0.3 is 5.32 Å². The fourth-order valence-electron chi connectivity index (χ4n) is 3.56. The number of alkyl halides is 3. The van der Waals surface area contributed by atoms with Crippen molar-refractivity contribution >= 4 is 5.91 Å². The Morgan fingerprint density at radius 1 is 0.969 bits per heavy atom. The Bertz CT molecular complexity index is 1020. The maximum Gasteiger partial charge on any atom is 0.416 e. The smallest absolute Gasteiger partial charge is 0.358 e. The zero-order valence-electron chi connectivity index (χ0n) is 18.0. The molecule has 4 nitrogen and oxygen atoms in total. The molecule has 32 heavy (non-hydrogen) atoms. The van der Waals surface area contributed by atoms with Crippen molar-refractivity contribution in [1.29, 1.82) is 0 Å². The third kappa shape index (κ3) is 6.17. The second kappa shape index (κ2) is 10.4. The number of rotatable bonds is 8. The van der Waals surface area contributed by atoms with Crippen LogP contribution >= 0.6 is 0 Å². The van der Waals surface area contributed by atoms with Crippen LogP contribution in [0.1, 0.15) is 46.6 Å². The summed E-state index contributed by atoms with van der Waals surface area (Å²) >= 11 is 0. The fraction of sp³-hybridized carbons (Fsp3) is 0.280. The van der Waals surface area contributed by atoms with Crippen LogP contribution in [0.5, 0.6) is 0 Å². The van der Waals surface area contributed by atoms with Gasteiger partial charge in [0.25, 0.3) is 0 Å². The van der Waals surface area contributed by atoms with Crippen molar-refractivity contribution in [2.75, 3.05) is 7.05 Å². The van der Waals surface area contributed by atoms with Crippen molar-refractivity contribution in [3.8, 4) is 0 Å². The summed E-state index contributed by atoms with van der Waals surface area (Å²) in [5.74, 6) is -0.177. The number of aromatic nitrogens is 1. The molecule has 0 spiro atoms. The number of aryl methyl sites for hydroxylation is 2. The summed E-state index contributed by atoms with van der Waals surface area (Å²) in [5.41, 5.74) is 2.56. The summed E-state index contributed by atoms with van der Waals surface area (Å²) in [5, 5.41) is 6.11. The summed E-state index contributed by atoms with van der Waals surface area (Å²) in [6.45, 7) is 1.89. The van der Waals surface area contributed by atoms with E-state index in [-0.39, 0.29) is 11.9 Å². The predicted octanol–water partition coefficient (Wildman–Crippen LogP) is 5.16. The molecule has 2 atom stereocenters. The molecule has 0 aliphatic heterocycles. The lowest BCUT2D eigenvalue weighted by Crippen LogP contribution is -2.38. The number of nitrogens with one attached hydrogen (secondary N) is 2. The van der Waals surface area contributed by atoms with E-state index >= 15 is 0 Å². The number of amides is 1. The van der Waals surface area contributed by atoms with Gasteiger partial charge in [-0.05, 0) is 55.2 Å². The van der Waals surface area contributed by atoms with Gasteiger partial charge in [0.05, 0.1) is 17.3 Å². The molecule has 0 aliphatic rings. The third-order valence-electron chi connectivity index (χ3n) is 5.28. The number of hydrogen-bond donors (Lipinski definition) is 2. The van der Waals surface area contributed by atoms with Gasteiger partial charge in [0.1, 0.15) is 6.04 Å². The van der Waals surface area contributed by atoms with Crippen LogP contribution in [0.3, 0.4) is 0 Å². The van der Waals surface area contributed by atoms with E-state index in [1.807, 2.05) is 55.5 Å². The standard InChI is InChI=1S/C25H26F3N3O/c1-17-7-6-10-21(30-17)22(16-13-18-11-14-20(15-12-18)25(26,27)28)31-23(24(32)29-2)19-8-4-3-5-9-19/h3-12,14-15,22-23,31H,13,16H2,1-2H3,(H,29,32). The molecule has 0 saturated heterocycles. The summed E-state index contributed by atoms with van der Waals surface area (Å²) in [6, 6.07) is 19.4. The molecule has 2 N–H and O–H groups in total. The highest BCUT2D eigenvalue weighted by atomic mass is 19.4. The lowest BCUT2D eigenvalue weighted by Gasteiger charge is -2.25. The molecule has 2 aromatic carbocycles. The first kappa shape index (κ1) is 23.5. The molecule has 2 unspecified atom stereocenters. The van der Waals surface area contributed by atoms with E-state index in [0.717, 1.165) is 34.6 Å². The minimum Gasteiger partial charge on any atom is -0.358 e. The second-order valence-electron chi connectivity index (χ2n) is 7.61. The number of pyridine rings is 1. The van der Waals surface area contributed by atoms with Gasteiger partial charge in [-0.15, -0.1) is 0 Å². The molecular weight excluding hydrogens is 415 g/mol. The van der Waals surface area contributed by atoms with Gasteiger partial charge in [0.15, 0.2) is 0 Å². The minimum absolute atomic E-state index is 0.177. The third-order valence-corrected chi connectivity index (χ3v) is 5.28. The average molecular weight is 441 g/mol. The SMILES string of the molecule is CNC(=O)C(NC(CCc1ccc(C(F)(F)F)cc1)c1cccc(C)n1)c1ccccc1. The Labute approximate surface area is 185 Å². The quantitative estimate of drug-likeness (QED) is 0.508. The molecule has 0 fully saturated rings. The highest BCUT2D eigenvalue weighted by molar-refractivity contribution is 5.83. The number of hydrogen-bond acceptors (Lipinski definition) is 3. The van der Waals surface area contributed by atoms with Gasteiger partial charge in [-0.25, -0.2) is 0 Å². The van der Waals surface area contributed by atoms with Crippen LogP contribution < -0.4 is 10.6 Å². The highest BCUT2D eigenvalue weighted by Gasteiger charge is 2.30. The van der Waals surface area contributed by atoms with E-state index in [1.54, 1.807) is 7.05 Å². The van der Waals surface area contributed by atoms with Crippen molar-refractivity contribution in [1.82, 2.24) is 15.6 Å². The first-order chi connectivity index (χ1) is 15.3. The van der Waals surface area contributed by atoms with Crippen LogP contribution in [0.2, 0.25) is 0 Å². The normalized spacial score (nSPS) is 13.4. The van der Waals surface area contributed by atoms with E-state index in [9.17, 15) is 18.0 Å². The van der Waals surface area contributed by atoms with Crippen LogP contribution in [0, 0.1) is 6.92 Å². The lowest BCUT2D eigenvalue weighted by molar-refractivity contribution is -0.137. The van der Waals surface area contributed by atoms with Gasteiger partial charge in [-0.1, -0.05) is 48.5 Å². The number of carbonyl (C=O) groups excluding carboxylic acids is 1. The summed E-state index contributed by atoms with van der Waals surface area (Å²) in [7, 11) is 1.59. The first-order valence-electron chi connectivity index (χ1n) is 10.4. The monoisotopic (exact) mass is 441 g/mol. The zero-order chi connectivity index (χ0) is 23.1. The topological polar surface area (TPSA) is 54.0 Å². The van der Waals surface area contributed by atoms with E-state index in [0.29, 0.717) is 12.8 Å². The van der Waals surface area contributed by atoms with E-state index in [4.69, 9.17) is 0 Å². The van der Waals surface area contributed by atoms with Crippen LogP contribution in [0.4, 0.5) is 13.2 Å². The minimum atomic E-state index is -4.36. The van der Waals surface area contributed by atoms with E-state index in [2.05, 4.69) is 15.6 Å². The maximum absolute atomic E-state index is 12.9. The number of carbonyl (C=O) groups is 1. The Morgan fingerprint density at radius 2 is 1.66 bits per heavy atom. The van der Waals surface area contributed by atoms with Gasteiger partial charge in [0, 0.05) is 12.7 Å². The molecule has 0 radical (unpaired) electrons. The maximum atomic E-state index is 12.9. The number of nitrogens with zero attached hydrogens (tertiary/aromatic N) is 1. The molecular formula is C25H26F3N3O. The van der Waals surface area contributed by atoms with E-state index in [1.165, 1.54) is 12.1 Å². The van der Waals surface area contributed by atoms with Crippen molar-refractivity contribution in [3.63, 3.8) is 0 Å². The molecule has 1 amide bonds. The average Bonchev–Trinajstić information content (AvgIpc) is 2.79. The van der Waals surface area contributed by atoms with E-state index < -0.39 is 17.8 Å². The predicted molar refractivity (Wildman–Crippen MR) is 118 cm³/mol. The zero-order valence-corrected chi connectivity index (χ0v) is 18.0. The second-order valence-corrected chi connectivity index (χ2v) is 7.61. The molecule has 3 aromatic rings. The Morgan fingerprint density at radius 3 is 2.25 bits per heavy atom. The fourth-order valence-corrected chi connectivity index (χ4v) is 3.56. The Balaban J connectivity index is 1.84. The molecule has 1 aromatic heterocycles. The molecule has 0 aliphatic carbocycles. The Hall–Kier alpha value is -3.19. The van der Waals surface area contributed by atoms with Gasteiger partial charge >= 0.3 is 6.18 Å². The molecule has 168 valence electrons. The highest BCUT2D eigenvalue weighted by Crippen LogP contribution is 2.30. The van der Waals surface area contributed by atoms with Crippen LogP contribution in [0.15, 0.2) is 72.8 Å². The van der Waals surface area contributed by atoms with Crippen molar-refractivity contribution in [2.45, 2.75) is 38.0 Å². The van der Waals surface area contributed by atoms with Crippen LogP contribution in [-0.2, 0) is 17.4 Å². The van der Waals surface area contributed by atoms with Crippen molar-refractivity contribution in [3.05, 3.63) is 101 Å².